The number of likely N-dealkylation sites (tertiary alicyclic amines) is 1. The van der Waals surface area contributed by atoms with E-state index in [9.17, 15) is 14.3 Å². The summed E-state index contributed by atoms with van der Waals surface area (Å²) in [6.45, 7) is 2.16. The third kappa shape index (κ3) is 5.76. The maximum atomic E-state index is 12.9. The van der Waals surface area contributed by atoms with Crippen LogP contribution in [0.2, 0.25) is 5.02 Å². The number of ketones is 1. The molecular weight excluding hydrogens is 369 g/mol. The summed E-state index contributed by atoms with van der Waals surface area (Å²) in [7, 11) is 0. The molecule has 3 rings (SSSR count). The molecule has 0 bridgehead atoms. The lowest BCUT2D eigenvalue weighted by Gasteiger charge is -2.32. The van der Waals surface area contributed by atoms with E-state index in [1.807, 2.05) is 0 Å². The fraction of sp³-hybridized carbons (Fsp3) is 0.381. The molecule has 2 aromatic carbocycles. The van der Waals surface area contributed by atoms with Crippen LogP contribution in [0.3, 0.4) is 0 Å². The Balaban J connectivity index is 1.41. The van der Waals surface area contributed by atoms with Crippen LogP contribution in [0.15, 0.2) is 48.5 Å². The van der Waals surface area contributed by atoms with Gasteiger partial charge in [-0.05, 0) is 74.5 Å². The summed E-state index contributed by atoms with van der Waals surface area (Å²) < 4.78 is 18.4. The molecule has 144 valence electrons. The van der Waals surface area contributed by atoms with E-state index in [1.54, 1.807) is 24.3 Å². The number of carbonyl (C=O) groups is 1. The lowest BCUT2D eigenvalue weighted by Crippen LogP contribution is -2.42. The number of halogens is 2. The van der Waals surface area contributed by atoms with Gasteiger partial charge in [-0.2, -0.15) is 0 Å². The predicted molar refractivity (Wildman–Crippen MR) is 103 cm³/mol. The van der Waals surface area contributed by atoms with E-state index in [0.717, 1.165) is 25.9 Å². The third-order valence-corrected chi connectivity index (χ3v) is 5.06. The molecule has 6 heteroatoms. The molecule has 1 heterocycles. The first kappa shape index (κ1) is 19.8. The van der Waals surface area contributed by atoms with Gasteiger partial charge in [0.05, 0.1) is 0 Å². The highest BCUT2D eigenvalue weighted by atomic mass is 35.5. The largest absolute Gasteiger partial charge is 0.491 e. The van der Waals surface area contributed by atoms with Gasteiger partial charge in [0.25, 0.3) is 0 Å². The molecule has 0 amide bonds. The molecule has 1 aliphatic heterocycles. The van der Waals surface area contributed by atoms with Crippen molar-refractivity contribution in [3.05, 3.63) is 64.9 Å². The fourth-order valence-electron chi connectivity index (χ4n) is 3.30. The second-order valence-electron chi connectivity index (χ2n) is 6.86. The number of nitrogens with zero attached hydrogens (tertiary/aromatic N) is 1. The second-order valence-corrected chi connectivity index (χ2v) is 7.30. The van der Waals surface area contributed by atoms with Gasteiger partial charge in [0.15, 0.2) is 5.78 Å². The molecule has 1 fully saturated rings. The van der Waals surface area contributed by atoms with Crippen molar-refractivity contribution in [1.29, 1.82) is 0 Å². The number of piperidine rings is 1. The summed E-state index contributed by atoms with van der Waals surface area (Å²) >= 11 is 5.87. The summed E-state index contributed by atoms with van der Waals surface area (Å²) in [6.07, 6.45) is 0.901. The average Bonchev–Trinajstić information content (AvgIpc) is 2.68. The number of aliphatic hydroxyl groups is 1. The van der Waals surface area contributed by atoms with Crippen molar-refractivity contribution < 1.29 is 19.0 Å². The number of rotatable bonds is 7. The van der Waals surface area contributed by atoms with Crippen LogP contribution in [-0.2, 0) is 0 Å². The quantitative estimate of drug-likeness (QED) is 0.729. The van der Waals surface area contributed by atoms with Crippen LogP contribution in [0.1, 0.15) is 23.2 Å². The first-order valence-corrected chi connectivity index (χ1v) is 9.47. The third-order valence-electron chi connectivity index (χ3n) is 4.81. The Morgan fingerprint density at radius 2 is 1.78 bits per heavy atom. The van der Waals surface area contributed by atoms with Crippen LogP contribution in [-0.4, -0.2) is 48.1 Å². The molecule has 0 spiro atoms. The zero-order chi connectivity index (χ0) is 19.2. The van der Waals surface area contributed by atoms with Gasteiger partial charge in [-0.3, -0.25) is 4.79 Å². The zero-order valence-electron chi connectivity index (χ0n) is 15.0. The summed E-state index contributed by atoms with van der Waals surface area (Å²) in [4.78, 5) is 14.7. The van der Waals surface area contributed by atoms with Crippen molar-refractivity contribution in [2.45, 2.75) is 18.9 Å². The van der Waals surface area contributed by atoms with Gasteiger partial charge in [0.1, 0.15) is 24.3 Å². The first-order chi connectivity index (χ1) is 13.0. The van der Waals surface area contributed by atoms with Crippen LogP contribution in [0, 0.1) is 11.7 Å². The minimum Gasteiger partial charge on any atom is -0.491 e. The van der Waals surface area contributed by atoms with Crippen LogP contribution in [0.4, 0.5) is 4.39 Å². The van der Waals surface area contributed by atoms with Crippen molar-refractivity contribution in [2.24, 2.45) is 5.92 Å². The molecule has 0 aliphatic carbocycles. The molecule has 0 unspecified atom stereocenters. The number of hydrogen-bond acceptors (Lipinski definition) is 4. The van der Waals surface area contributed by atoms with Crippen molar-refractivity contribution in [2.75, 3.05) is 26.2 Å². The number of carbonyl (C=O) groups excluding carboxylic acids is 1. The Hall–Kier alpha value is -1.95. The van der Waals surface area contributed by atoms with Gasteiger partial charge in [-0.15, -0.1) is 0 Å². The highest BCUT2D eigenvalue weighted by molar-refractivity contribution is 6.30. The molecule has 4 nitrogen and oxygen atoms in total. The maximum Gasteiger partial charge on any atom is 0.166 e. The SMILES string of the molecule is O=C(c1ccc(Cl)cc1)C1CCN(C[C@@H](O)COc2ccc(F)cc2)CC1. The van der Waals surface area contributed by atoms with Crippen LogP contribution in [0.25, 0.3) is 0 Å². The Labute approximate surface area is 163 Å². The van der Waals surface area contributed by atoms with E-state index >= 15 is 0 Å². The number of benzene rings is 2. The monoisotopic (exact) mass is 391 g/mol. The van der Waals surface area contributed by atoms with Crippen molar-refractivity contribution >= 4 is 17.4 Å². The highest BCUT2D eigenvalue weighted by Crippen LogP contribution is 2.23. The highest BCUT2D eigenvalue weighted by Gasteiger charge is 2.26. The van der Waals surface area contributed by atoms with Gasteiger partial charge < -0.3 is 14.7 Å². The van der Waals surface area contributed by atoms with Crippen LogP contribution < -0.4 is 4.74 Å². The molecular formula is C21H23ClFNO3. The minimum absolute atomic E-state index is 0.00929. The molecule has 0 radical (unpaired) electrons. The Bertz CT molecular complexity index is 743. The maximum absolute atomic E-state index is 12.9. The normalized spacial score (nSPS) is 16.9. The first-order valence-electron chi connectivity index (χ1n) is 9.10. The lowest BCUT2D eigenvalue weighted by molar-refractivity contribution is 0.0524. The Morgan fingerprint density at radius 3 is 2.41 bits per heavy atom. The molecule has 1 atom stereocenters. The molecule has 0 saturated carbocycles. The van der Waals surface area contributed by atoms with Crippen molar-refractivity contribution in [3.8, 4) is 5.75 Å². The molecule has 1 N–H and O–H groups in total. The lowest BCUT2D eigenvalue weighted by atomic mass is 9.89. The van der Waals surface area contributed by atoms with E-state index in [-0.39, 0.29) is 24.1 Å². The predicted octanol–water partition coefficient (Wildman–Crippen LogP) is 3.81. The van der Waals surface area contributed by atoms with E-state index in [1.165, 1.54) is 24.3 Å². The topological polar surface area (TPSA) is 49.8 Å². The average molecular weight is 392 g/mol. The standard InChI is InChI=1S/C21H23ClFNO3/c22-17-3-1-15(2-4-17)21(26)16-9-11-24(12-10-16)13-19(25)14-27-20-7-5-18(23)6-8-20/h1-8,16,19,25H,9-14H2/t19-/m1/s1. The number of hydrogen-bond donors (Lipinski definition) is 1. The zero-order valence-corrected chi connectivity index (χ0v) is 15.7. The summed E-state index contributed by atoms with van der Waals surface area (Å²) in [5, 5.41) is 10.8. The molecule has 1 aliphatic rings. The van der Waals surface area contributed by atoms with Gasteiger partial charge in [0, 0.05) is 23.0 Å². The van der Waals surface area contributed by atoms with Gasteiger partial charge >= 0.3 is 0 Å². The van der Waals surface area contributed by atoms with Gasteiger partial charge in [-0.25, -0.2) is 4.39 Å². The van der Waals surface area contributed by atoms with E-state index in [2.05, 4.69) is 4.90 Å². The Kier molecular flexibility index (Phi) is 6.83. The summed E-state index contributed by atoms with van der Waals surface area (Å²) in [6, 6.07) is 12.7. The number of aliphatic hydroxyl groups excluding tert-OH is 1. The minimum atomic E-state index is -0.640. The fourth-order valence-corrected chi connectivity index (χ4v) is 3.43. The van der Waals surface area contributed by atoms with Crippen LogP contribution >= 0.6 is 11.6 Å². The van der Waals surface area contributed by atoms with Crippen LogP contribution in [0.5, 0.6) is 5.75 Å². The van der Waals surface area contributed by atoms with E-state index in [0.29, 0.717) is 22.9 Å². The van der Waals surface area contributed by atoms with E-state index in [4.69, 9.17) is 16.3 Å². The number of Topliss-reactive ketones (excluding diaryl/α,β-unsaturated/α-hetero) is 1. The molecule has 27 heavy (non-hydrogen) atoms. The second kappa shape index (κ2) is 9.31. The Morgan fingerprint density at radius 1 is 1.15 bits per heavy atom. The molecule has 1 saturated heterocycles. The molecule has 2 aromatic rings. The number of β-amino-alcohol motifs (C(OH)–C–C–N with tert-alkyl or cyclic N) is 1. The number of ether oxygens (including phenoxy) is 1. The summed E-state index contributed by atoms with van der Waals surface area (Å²) in [5.41, 5.74) is 0.700. The van der Waals surface area contributed by atoms with Crippen molar-refractivity contribution in [1.82, 2.24) is 4.90 Å². The van der Waals surface area contributed by atoms with Gasteiger partial charge in [0.2, 0.25) is 0 Å². The smallest absolute Gasteiger partial charge is 0.166 e. The molecule has 0 aromatic heterocycles. The van der Waals surface area contributed by atoms with E-state index < -0.39 is 6.10 Å². The summed E-state index contributed by atoms with van der Waals surface area (Å²) in [5.74, 6) is 0.378. The van der Waals surface area contributed by atoms with Crippen molar-refractivity contribution in [3.63, 3.8) is 0 Å². The van der Waals surface area contributed by atoms with Gasteiger partial charge in [-0.1, -0.05) is 11.6 Å².